The molecule has 0 radical (unpaired) electrons. The van der Waals surface area contributed by atoms with E-state index < -0.39 is 0 Å². The molecule has 2 unspecified atom stereocenters. The Labute approximate surface area is 166 Å². The Morgan fingerprint density at radius 2 is 1.65 bits per heavy atom. The van der Waals surface area contributed by atoms with E-state index in [0.29, 0.717) is 33.7 Å². The van der Waals surface area contributed by atoms with Crippen molar-refractivity contribution in [2.75, 3.05) is 13.1 Å². The van der Waals surface area contributed by atoms with E-state index >= 15 is 0 Å². The van der Waals surface area contributed by atoms with Crippen LogP contribution in [0.3, 0.4) is 0 Å². The van der Waals surface area contributed by atoms with Gasteiger partial charge in [0.2, 0.25) is 5.91 Å². The first kappa shape index (κ1) is 19.0. The Bertz CT molecular complexity index is 841. The molecule has 2 amide bonds. The van der Waals surface area contributed by atoms with Gasteiger partial charge in [0.1, 0.15) is 0 Å². The number of carbonyl (C=O) groups is 2. The van der Waals surface area contributed by atoms with E-state index in [2.05, 4.69) is 10.6 Å². The molecule has 0 aromatic heterocycles. The Morgan fingerprint density at radius 1 is 0.923 bits per heavy atom. The smallest absolute Gasteiger partial charge is 0.251 e. The molecule has 0 bridgehead atoms. The molecule has 0 spiro atoms. The highest BCUT2D eigenvalue weighted by Crippen LogP contribution is 2.49. The highest BCUT2D eigenvalue weighted by molar-refractivity contribution is 6.42. The van der Waals surface area contributed by atoms with Crippen molar-refractivity contribution < 1.29 is 9.59 Å². The fraction of sp³-hybridized carbons (Fsp3) is 0.263. The zero-order valence-electron chi connectivity index (χ0n) is 13.8. The normalized spacial score (nSPS) is 18.3. The number of halogens is 3. The van der Waals surface area contributed by atoms with Gasteiger partial charge < -0.3 is 10.6 Å². The SMILES string of the molecule is O=C(NCCNC(=O)C1CC1c1ccccc1Cl)c1ccc(Cl)c(Cl)c1. The summed E-state index contributed by atoms with van der Waals surface area (Å²) in [6.45, 7) is 0.686. The minimum atomic E-state index is -0.266. The molecular formula is C19H17Cl3N2O2. The zero-order chi connectivity index (χ0) is 18.7. The molecule has 3 rings (SSSR count). The summed E-state index contributed by atoms with van der Waals surface area (Å²) >= 11 is 17.9. The van der Waals surface area contributed by atoms with Crippen molar-refractivity contribution in [1.29, 1.82) is 0 Å². The van der Waals surface area contributed by atoms with Crippen molar-refractivity contribution in [2.45, 2.75) is 12.3 Å². The molecular weight excluding hydrogens is 395 g/mol. The Kier molecular flexibility index (Phi) is 6.07. The van der Waals surface area contributed by atoms with Crippen LogP contribution in [-0.2, 0) is 4.79 Å². The lowest BCUT2D eigenvalue weighted by molar-refractivity contribution is -0.122. The van der Waals surface area contributed by atoms with Crippen molar-refractivity contribution in [3.05, 3.63) is 68.7 Å². The number of hydrogen-bond acceptors (Lipinski definition) is 2. The van der Waals surface area contributed by atoms with Crippen LogP contribution in [0.1, 0.15) is 28.3 Å². The van der Waals surface area contributed by atoms with Crippen LogP contribution in [-0.4, -0.2) is 24.9 Å². The molecule has 1 aliphatic carbocycles. The fourth-order valence-corrected chi connectivity index (χ4v) is 3.41. The van der Waals surface area contributed by atoms with E-state index in [1.54, 1.807) is 12.1 Å². The lowest BCUT2D eigenvalue weighted by atomic mass is 10.1. The molecule has 26 heavy (non-hydrogen) atoms. The first-order valence-corrected chi connectivity index (χ1v) is 9.36. The second-order valence-corrected chi connectivity index (χ2v) is 7.37. The average molecular weight is 412 g/mol. The Morgan fingerprint density at radius 3 is 2.38 bits per heavy atom. The third-order valence-corrected chi connectivity index (χ3v) is 5.41. The van der Waals surface area contributed by atoms with E-state index in [1.807, 2.05) is 24.3 Å². The van der Waals surface area contributed by atoms with Crippen LogP contribution in [0.2, 0.25) is 15.1 Å². The Balaban J connectivity index is 1.41. The molecule has 2 N–H and O–H groups in total. The third-order valence-electron chi connectivity index (χ3n) is 4.32. The van der Waals surface area contributed by atoms with Crippen LogP contribution < -0.4 is 10.6 Å². The quantitative estimate of drug-likeness (QED) is 0.696. The van der Waals surface area contributed by atoms with Gasteiger partial charge in [-0.1, -0.05) is 53.0 Å². The maximum atomic E-state index is 12.2. The predicted molar refractivity (Wildman–Crippen MR) is 104 cm³/mol. The number of carbonyl (C=O) groups excluding carboxylic acids is 2. The summed E-state index contributed by atoms with van der Waals surface area (Å²) in [6, 6.07) is 12.3. The highest BCUT2D eigenvalue weighted by atomic mass is 35.5. The summed E-state index contributed by atoms with van der Waals surface area (Å²) in [4.78, 5) is 24.2. The van der Waals surface area contributed by atoms with Gasteiger partial charge in [-0.3, -0.25) is 9.59 Å². The first-order valence-electron chi connectivity index (χ1n) is 8.22. The standard InChI is InChI=1S/C19H17Cl3N2O2/c20-15-4-2-1-3-12(15)13-10-14(13)19(26)24-8-7-23-18(25)11-5-6-16(21)17(22)9-11/h1-6,9,13-14H,7-8,10H2,(H,23,25)(H,24,26). The Hall–Kier alpha value is -1.75. The molecule has 1 fully saturated rings. The monoisotopic (exact) mass is 410 g/mol. The molecule has 0 saturated heterocycles. The summed E-state index contributed by atoms with van der Waals surface area (Å²) in [5.41, 5.74) is 1.44. The zero-order valence-corrected chi connectivity index (χ0v) is 16.0. The molecule has 1 aliphatic rings. The summed E-state index contributed by atoms with van der Waals surface area (Å²) in [6.07, 6.45) is 0.797. The minimum absolute atomic E-state index is 0.0151. The summed E-state index contributed by atoms with van der Waals surface area (Å²) < 4.78 is 0. The van der Waals surface area contributed by atoms with Gasteiger partial charge in [0.15, 0.2) is 0 Å². The number of benzene rings is 2. The van der Waals surface area contributed by atoms with E-state index in [1.165, 1.54) is 6.07 Å². The molecule has 1 saturated carbocycles. The van der Waals surface area contributed by atoms with Crippen LogP contribution in [0.5, 0.6) is 0 Å². The van der Waals surface area contributed by atoms with E-state index in [4.69, 9.17) is 34.8 Å². The summed E-state index contributed by atoms with van der Waals surface area (Å²) in [5.74, 6) is -0.160. The van der Waals surface area contributed by atoms with E-state index in [9.17, 15) is 9.59 Å². The summed E-state index contributed by atoms with van der Waals surface area (Å²) in [5, 5.41) is 7.00. The largest absolute Gasteiger partial charge is 0.354 e. The van der Waals surface area contributed by atoms with Crippen molar-refractivity contribution in [1.82, 2.24) is 10.6 Å². The molecule has 4 nitrogen and oxygen atoms in total. The van der Waals surface area contributed by atoms with E-state index in [0.717, 1.165) is 12.0 Å². The van der Waals surface area contributed by atoms with Gasteiger partial charge in [-0.25, -0.2) is 0 Å². The second kappa shape index (κ2) is 8.30. The van der Waals surface area contributed by atoms with Gasteiger partial charge in [0, 0.05) is 29.6 Å². The van der Waals surface area contributed by atoms with Crippen LogP contribution in [0.15, 0.2) is 42.5 Å². The molecule has 2 aromatic rings. The minimum Gasteiger partial charge on any atom is -0.354 e. The van der Waals surface area contributed by atoms with Crippen molar-refractivity contribution in [2.24, 2.45) is 5.92 Å². The topological polar surface area (TPSA) is 58.2 Å². The molecule has 2 atom stereocenters. The van der Waals surface area contributed by atoms with Gasteiger partial charge in [-0.15, -0.1) is 0 Å². The summed E-state index contributed by atoms with van der Waals surface area (Å²) in [7, 11) is 0. The fourth-order valence-electron chi connectivity index (χ4n) is 2.84. The highest BCUT2D eigenvalue weighted by Gasteiger charge is 2.44. The first-order chi connectivity index (χ1) is 12.5. The van der Waals surface area contributed by atoms with Crippen LogP contribution in [0, 0.1) is 5.92 Å². The third kappa shape index (κ3) is 4.50. The van der Waals surface area contributed by atoms with Crippen LogP contribution >= 0.6 is 34.8 Å². The van der Waals surface area contributed by atoms with Crippen molar-refractivity contribution >= 4 is 46.6 Å². The molecule has 136 valence electrons. The molecule has 7 heteroatoms. The number of hydrogen-bond donors (Lipinski definition) is 2. The number of amides is 2. The maximum absolute atomic E-state index is 12.2. The molecule has 0 heterocycles. The molecule has 0 aliphatic heterocycles. The lowest BCUT2D eigenvalue weighted by Gasteiger charge is -2.08. The van der Waals surface area contributed by atoms with Crippen molar-refractivity contribution in [3.63, 3.8) is 0 Å². The van der Waals surface area contributed by atoms with Crippen molar-refractivity contribution in [3.8, 4) is 0 Å². The lowest BCUT2D eigenvalue weighted by Crippen LogP contribution is -2.35. The number of nitrogens with one attached hydrogen (secondary N) is 2. The molecule has 2 aromatic carbocycles. The predicted octanol–water partition coefficient (Wildman–Crippen LogP) is 4.30. The number of rotatable bonds is 6. The van der Waals surface area contributed by atoms with Gasteiger partial charge >= 0.3 is 0 Å². The van der Waals surface area contributed by atoms with Crippen LogP contribution in [0.4, 0.5) is 0 Å². The van der Waals surface area contributed by atoms with E-state index in [-0.39, 0.29) is 23.7 Å². The second-order valence-electron chi connectivity index (χ2n) is 6.15. The van der Waals surface area contributed by atoms with Gasteiger partial charge in [0.05, 0.1) is 10.0 Å². The maximum Gasteiger partial charge on any atom is 0.251 e. The van der Waals surface area contributed by atoms with Gasteiger partial charge in [-0.2, -0.15) is 0 Å². The van der Waals surface area contributed by atoms with Crippen LogP contribution in [0.25, 0.3) is 0 Å². The van der Waals surface area contributed by atoms with Gasteiger partial charge in [0.25, 0.3) is 5.91 Å². The average Bonchev–Trinajstić information content (AvgIpc) is 3.41. The van der Waals surface area contributed by atoms with Gasteiger partial charge in [-0.05, 0) is 42.2 Å².